The number of anilines is 1. The van der Waals surface area contributed by atoms with E-state index < -0.39 is 12.1 Å². The highest BCUT2D eigenvalue weighted by atomic mass is 19.3. The van der Waals surface area contributed by atoms with Gasteiger partial charge in [-0.15, -0.1) is 0 Å². The number of carbonyl (C=O) groups is 1. The minimum Gasteiger partial charge on any atom is -0.328 e. The maximum Gasteiger partial charge on any atom is 0.280 e. The Morgan fingerprint density at radius 2 is 1.76 bits per heavy atom. The molecule has 0 aliphatic heterocycles. The van der Waals surface area contributed by atoms with Crippen molar-refractivity contribution in [2.45, 2.75) is 32.9 Å². The molecule has 0 aromatic heterocycles. The number of amides is 1. The lowest BCUT2D eigenvalue weighted by atomic mass is 9.99. The molecule has 0 saturated heterocycles. The third kappa shape index (κ3) is 2.99. The fraction of sp³-hybridized carbons (Fsp3) is 0.417. The zero-order chi connectivity index (χ0) is 13.2. The summed E-state index contributed by atoms with van der Waals surface area (Å²) in [6.07, 6.45) is -1.85. The molecule has 1 N–H and O–H groups in total. The van der Waals surface area contributed by atoms with E-state index in [0.29, 0.717) is 30.1 Å². The molecule has 1 rings (SSSR count). The van der Waals surface area contributed by atoms with Crippen molar-refractivity contribution in [1.29, 1.82) is 0 Å². The summed E-state index contributed by atoms with van der Waals surface area (Å²) in [7, 11) is 0. The largest absolute Gasteiger partial charge is 0.328 e. The Balaban J connectivity index is 3.18. The van der Waals surface area contributed by atoms with Crippen LogP contribution in [0.5, 0.6) is 0 Å². The third-order valence-corrected chi connectivity index (χ3v) is 2.50. The number of halogens is 3. The molecule has 2 nitrogen and oxygen atoms in total. The Morgan fingerprint density at radius 3 is 2.12 bits per heavy atom. The van der Waals surface area contributed by atoms with Gasteiger partial charge in [-0.2, -0.15) is 0 Å². The Kier molecular flexibility index (Phi) is 3.80. The standard InChI is InChI=1S/C12H14F3NO/c1-7-4-9(11(13)12(3,14)15)5-8(2)10(7)16-6-17/h4-6,11H,1-3H3,(H,16,17). The number of alkyl halides is 3. The van der Waals surface area contributed by atoms with Crippen molar-refractivity contribution in [3.63, 3.8) is 0 Å². The van der Waals surface area contributed by atoms with E-state index in [1.165, 1.54) is 12.1 Å². The maximum atomic E-state index is 13.5. The van der Waals surface area contributed by atoms with Crippen LogP contribution in [0, 0.1) is 13.8 Å². The summed E-state index contributed by atoms with van der Waals surface area (Å²) in [6.45, 7) is 3.80. The number of aryl methyl sites for hydroxylation is 2. The first-order valence-corrected chi connectivity index (χ1v) is 5.10. The summed E-state index contributed by atoms with van der Waals surface area (Å²) < 4.78 is 39.2. The van der Waals surface area contributed by atoms with Crippen molar-refractivity contribution in [2.75, 3.05) is 5.32 Å². The van der Waals surface area contributed by atoms with Crippen LogP contribution in [0.25, 0.3) is 0 Å². The van der Waals surface area contributed by atoms with Gasteiger partial charge in [-0.3, -0.25) is 4.79 Å². The highest BCUT2D eigenvalue weighted by molar-refractivity contribution is 5.75. The molecular weight excluding hydrogens is 231 g/mol. The molecule has 1 amide bonds. The zero-order valence-corrected chi connectivity index (χ0v) is 9.85. The Morgan fingerprint density at radius 1 is 1.29 bits per heavy atom. The molecule has 0 aliphatic rings. The maximum absolute atomic E-state index is 13.5. The summed E-state index contributed by atoms with van der Waals surface area (Å²) in [5.41, 5.74) is 1.55. The van der Waals surface area contributed by atoms with Crippen LogP contribution in [0.4, 0.5) is 18.9 Å². The van der Waals surface area contributed by atoms with Crippen LogP contribution in [0.15, 0.2) is 12.1 Å². The van der Waals surface area contributed by atoms with E-state index in [1.54, 1.807) is 13.8 Å². The van der Waals surface area contributed by atoms with Gasteiger partial charge < -0.3 is 5.32 Å². The number of nitrogens with one attached hydrogen (secondary N) is 1. The normalized spacial score (nSPS) is 13.3. The van der Waals surface area contributed by atoms with E-state index in [4.69, 9.17) is 0 Å². The van der Waals surface area contributed by atoms with Crippen LogP contribution in [0.3, 0.4) is 0 Å². The zero-order valence-electron chi connectivity index (χ0n) is 9.85. The van der Waals surface area contributed by atoms with Crippen molar-refractivity contribution < 1.29 is 18.0 Å². The van der Waals surface area contributed by atoms with Gasteiger partial charge in [0.15, 0.2) is 6.17 Å². The number of carbonyl (C=O) groups excluding carboxylic acids is 1. The molecule has 17 heavy (non-hydrogen) atoms. The van der Waals surface area contributed by atoms with Gasteiger partial charge in [0.25, 0.3) is 5.92 Å². The summed E-state index contributed by atoms with van der Waals surface area (Å²) >= 11 is 0. The molecule has 0 spiro atoms. The first-order valence-electron chi connectivity index (χ1n) is 5.10. The van der Waals surface area contributed by atoms with Crippen molar-refractivity contribution in [3.8, 4) is 0 Å². The molecule has 0 radical (unpaired) electrons. The summed E-state index contributed by atoms with van der Waals surface area (Å²) in [6, 6.07) is 2.64. The lowest BCUT2D eigenvalue weighted by molar-refractivity contribution is -0.105. The van der Waals surface area contributed by atoms with Crippen molar-refractivity contribution in [2.24, 2.45) is 0 Å². The average molecular weight is 245 g/mol. The van der Waals surface area contributed by atoms with Gasteiger partial charge in [0.1, 0.15) is 0 Å². The highest BCUT2D eigenvalue weighted by Gasteiger charge is 2.35. The molecule has 1 aromatic rings. The monoisotopic (exact) mass is 245 g/mol. The third-order valence-electron chi connectivity index (χ3n) is 2.50. The molecule has 1 unspecified atom stereocenters. The van der Waals surface area contributed by atoms with Gasteiger partial charge in [-0.05, 0) is 30.5 Å². The second kappa shape index (κ2) is 4.77. The highest BCUT2D eigenvalue weighted by Crippen LogP contribution is 2.36. The Hall–Kier alpha value is -1.52. The Labute approximate surface area is 97.8 Å². The predicted molar refractivity (Wildman–Crippen MR) is 60.1 cm³/mol. The van der Waals surface area contributed by atoms with Crippen LogP contribution < -0.4 is 5.32 Å². The lowest BCUT2D eigenvalue weighted by Gasteiger charge is -2.18. The fourth-order valence-electron chi connectivity index (χ4n) is 1.72. The first kappa shape index (κ1) is 13.5. The van der Waals surface area contributed by atoms with Crippen LogP contribution in [0.1, 0.15) is 29.8 Å². The smallest absolute Gasteiger partial charge is 0.280 e. The van der Waals surface area contributed by atoms with E-state index in [2.05, 4.69) is 5.32 Å². The first-order chi connectivity index (χ1) is 7.77. The molecule has 1 aromatic carbocycles. The number of rotatable bonds is 4. The molecule has 0 saturated carbocycles. The average Bonchev–Trinajstić information content (AvgIpc) is 2.20. The van der Waals surface area contributed by atoms with Crippen LogP contribution in [-0.2, 0) is 4.79 Å². The van der Waals surface area contributed by atoms with Gasteiger partial charge in [-0.1, -0.05) is 12.1 Å². The van der Waals surface area contributed by atoms with Gasteiger partial charge in [0, 0.05) is 12.6 Å². The minimum atomic E-state index is -3.42. The van der Waals surface area contributed by atoms with E-state index in [1.807, 2.05) is 0 Å². The SMILES string of the molecule is Cc1cc(C(F)C(C)(F)F)cc(C)c1NC=O. The topological polar surface area (TPSA) is 29.1 Å². The van der Waals surface area contributed by atoms with Gasteiger partial charge in [-0.25, -0.2) is 13.2 Å². The van der Waals surface area contributed by atoms with Crippen molar-refractivity contribution in [1.82, 2.24) is 0 Å². The fourth-order valence-corrected chi connectivity index (χ4v) is 1.72. The van der Waals surface area contributed by atoms with E-state index in [0.717, 1.165) is 0 Å². The van der Waals surface area contributed by atoms with Crippen molar-refractivity contribution in [3.05, 3.63) is 28.8 Å². The molecule has 0 bridgehead atoms. The molecule has 5 heteroatoms. The summed E-state index contributed by atoms with van der Waals surface area (Å²) in [4.78, 5) is 10.4. The molecule has 0 heterocycles. The molecular formula is C12H14F3NO. The quantitative estimate of drug-likeness (QED) is 0.808. The lowest BCUT2D eigenvalue weighted by Crippen LogP contribution is -2.18. The number of hydrogen-bond acceptors (Lipinski definition) is 1. The van der Waals surface area contributed by atoms with Crippen LogP contribution >= 0.6 is 0 Å². The van der Waals surface area contributed by atoms with Gasteiger partial charge >= 0.3 is 0 Å². The second-order valence-electron chi connectivity index (χ2n) is 4.11. The molecule has 94 valence electrons. The van der Waals surface area contributed by atoms with E-state index in [-0.39, 0.29) is 5.56 Å². The molecule has 0 aliphatic carbocycles. The number of benzene rings is 1. The van der Waals surface area contributed by atoms with E-state index in [9.17, 15) is 18.0 Å². The molecule has 1 atom stereocenters. The van der Waals surface area contributed by atoms with Gasteiger partial charge in [0.2, 0.25) is 6.41 Å². The minimum absolute atomic E-state index is 0.0797. The summed E-state index contributed by atoms with van der Waals surface area (Å²) in [5, 5.41) is 2.46. The second-order valence-corrected chi connectivity index (χ2v) is 4.11. The number of hydrogen-bond donors (Lipinski definition) is 1. The predicted octanol–water partition coefficient (Wildman–Crippen LogP) is 3.54. The summed E-state index contributed by atoms with van der Waals surface area (Å²) in [5.74, 6) is -3.42. The van der Waals surface area contributed by atoms with Crippen LogP contribution in [0.2, 0.25) is 0 Å². The Bertz CT molecular complexity index is 403. The van der Waals surface area contributed by atoms with E-state index >= 15 is 0 Å². The molecule has 0 fully saturated rings. The van der Waals surface area contributed by atoms with Crippen LogP contribution in [-0.4, -0.2) is 12.3 Å². The van der Waals surface area contributed by atoms with Crippen molar-refractivity contribution >= 4 is 12.1 Å². The van der Waals surface area contributed by atoms with Gasteiger partial charge in [0.05, 0.1) is 0 Å².